The van der Waals surface area contributed by atoms with Crippen molar-refractivity contribution in [2.24, 2.45) is 11.7 Å². The van der Waals surface area contributed by atoms with Gasteiger partial charge < -0.3 is 10.2 Å². The first-order valence-corrected chi connectivity index (χ1v) is 6.69. The fourth-order valence-electron chi connectivity index (χ4n) is 2.57. The van der Waals surface area contributed by atoms with Crippen molar-refractivity contribution in [2.45, 2.75) is 46.2 Å². The lowest BCUT2D eigenvalue weighted by Crippen LogP contribution is -2.23. The Kier molecular flexibility index (Phi) is 4.24. The van der Waals surface area contributed by atoms with Crippen LogP contribution >= 0.6 is 0 Å². The van der Waals surface area contributed by atoms with Gasteiger partial charge in [0.1, 0.15) is 11.5 Å². The summed E-state index contributed by atoms with van der Waals surface area (Å²) < 4.78 is 5.75. The third-order valence-electron chi connectivity index (χ3n) is 3.78. The van der Waals surface area contributed by atoms with Crippen LogP contribution in [0.25, 0.3) is 0 Å². The largest absolute Gasteiger partial charge is 0.465 e. The molecule has 0 saturated carbocycles. The van der Waals surface area contributed by atoms with Gasteiger partial charge in [0, 0.05) is 12.1 Å². The lowest BCUT2D eigenvalue weighted by Gasteiger charge is -2.18. The van der Waals surface area contributed by atoms with Crippen LogP contribution in [0.1, 0.15) is 43.3 Å². The van der Waals surface area contributed by atoms with Gasteiger partial charge in [-0.2, -0.15) is 0 Å². The molecule has 2 rings (SSSR count). The monoisotopic (exact) mass is 236 g/mol. The molecule has 3 heteroatoms. The van der Waals surface area contributed by atoms with Gasteiger partial charge in [-0.3, -0.25) is 4.90 Å². The van der Waals surface area contributed by atoms with Crippen LogP contribution in [0.5, 0.6) is 0 Å². The average molecular weight is 236 g/mol. The molecule has 1 aliphatic heterocycles. The molecule has 17 heavy (non-hydrogen) atoms. The van der Waals surface area contributed by atoms with Gasteiger partial charge in [0.05, 0.1) is 6.54 Å². The van der Waals surface area contributed by atoms with Crippen LogP contribution in [0.2, 0.25) is 0 Å². The maximum Gasteiger partial charge on any atom is 0.118 e. The molecule has 1 atom stereocenters. The molecule has 0 amide bonds. The summed E-state index contributed by atoms with van der Waals surface area (Å²) in [5.74, 6) is 2.92. The van der Waals surface area contributed by atoms with E-state index in [4.69, 9.17) is 10.2 Å². The minimum atomic E-state index is 0.576. The Hall–Kier alpha value is -0.800. The van der Waals surface area contributed by atoms with Gasteiger partial charge in [-0.1, -0.05) is 6.92 Å². The molecule has 1 aromatic heterocycles. The van der Waals surface area contributed by atoms with Gasteiger partial charge in [0.15, 0.2) is 0 Å². The zero-order valence-corrected chi connectivity index (χ0v) is 11.0. The summed E-state index contributed by atoms with van der Waals surface area (Å²) in [5, 5.41) is 0. The van der Waals surface area contributed by atoms with Gasteiger partial charge in [0.2, 0.25) is 0 Å². The molecule has 3 nitrogen and oxygen atoms in total. The maximum atomic E-state index is 5.75. The van der Waals surface area contributed by atoms with Gasteiger partial charge in [-0.05, 0) is 51.3 Å². The molecule has 1 unspecified atom stereocenters. The second-order valence-corrected chi connectivity index (χ2v) is 5.31. The molecule has 0 aromatic carbocycles. The molecule has 1 aliphatic rings. The Balaban J connectivity index is 1.95. The third kappa shape index (κ3) is 3.33. The van der Waals surface area contributed by atoms with E-state index in [9.17, 15) is 0 Å². The molecule has 1 fully saturated rings. The zero-order chi connectivity index (χ0) is 12.3. The lowest BCUT2D eigenvalue weighted by atomic mass is 10.0. The molecule has 96 valence electrons. The Bertz CT molecular complexity index is 359. The highest BCUT2D eigenvalue weighted by atomic mass is 16.3. The minimum Gasteiger partial charge on any atom is -0.465 e. The van der Waals surface area contributed by atoms with Crippen molar-refractivity contribution in [1.82, 2.24) is 4.90 Å². The minimum absolute atomic E-state index is 0.576. The highest BCUT2D eigenvalue weighted by Gasteiger charge is 2.15. The number of hydrogen-bond donors (Lipinski definition) is 1. The Morgan fingerprint density at radius 2 is 2.24 bits per heavy atom. The van der Waals surface area contributed by atoms with Crippen LogP contribution in [0.4, 0.5) is 0 Å². The second-order valence-electron chi connectivity index (χ2n) is 5.31. The van der Waals surface area contributed by atoms with Crippen LogP contribution in [0, 0.1) is 12.8 Å². The molecule has 2 heterocycles. The van der Waals surface area contributed by atoms with Crippen molar-refractivity contribution in [3.05, 3.63) is 23.2 Å². The number of likely N-dealkylation sites (tertiary alicyclic amines) is 1. The van der Waals surface area contributed by atoms with Crippen LogP contribution in [-0.4, -0.2) is 18.0 Å². The topological polar surface area (TPSA) is 42.4 Å². The molecule has 0 radical (unpaired) electrons. The molecule has 0 aliphatic carbocycles. The fraction of sp³-hybridized carbons (Fsp3) is 0.714. The average Bonchev–Trinajstić information content (AvgIpc) is 2.52. The van der Waals surface area contributed by atoms with Gasteiger partial charge in [0.25, 0.3) is 0 Å². The maximum absolute atomic E-state index is 5.75. The van der Waals surface area contributed by atoms with Crippen LogP contribution in [-0.2, 0) is 13.1 Å². The van der Waals surface area contributed by atoms with E-state index in [-0.39, 0.29) is 0 Å². The fourth-order valence-corrected chi connectivity index (χ4v) is 2.57. The Morgan fingerprint density at radius 3 is 2.94 bits per heavy atom. The summed E-state index contributed by atoms with van der Waals surface area (Å²) in [6, 6.07) is 2.11. The second kappa shape index (κ2) is 5.69. The summed E-state index contributed by atoms with van der Waals surface area (Å²) in [5.41, 5.74) is 6.81. The number of nitrogens with two attached hydrogens (primary N) is 1. The number of hydrogen-bond acceptors (Lipinski definition) is 3. The molecular weight excluding hydrogens is 212 g/mol. The number of nitrogens with zero attached hydrogens (tertiary/aromatic N) is 1. The van der Waals surface area contributed by atoms with E-state index < -0.39 is 0 Å². The molecule has 0 spiro atoms. The molecular formula is C14H24N2O. The van der Waals surface area contributed by atoms with Crippen LogP contribution in [0.3, 0.4) is 0 Å². The van der Waals surface area contributed by atoms with E-state index in [0.717, 1.165) is 29.5 Å². The first-order valence-electron chi connectivity index (χ1n) is 6.69. The first kappa shape index (κ1) is 12.7. The summed E-state index contributed by atoms with van der Waals surface area (Å²) in [7, 11) is 0. The number of rotatable bonds is 3. The predicted octanol–water partition coefficient (Wildman–Crippen LogP) is 2.67. The van der Waals surface area contributed by atoms with E-state index in [1.807, 2.05) is 6.92 Å². The summed E-state index contributed by atoms with van der Waals surface area (Å²) >= 11 is 0. The molecule has 2 N–H and O–H groups in total. The molecule has 0 bridgehead atoms. The molecule has 1 saturated heterocycles. The van der Waals surface area contributed by atoms with Crippen molar-refractivity contribution in [3.63, 3.8) is 0 Å². The van der Waals surface area contributed by atoms with E-state index in [1.54, 1.807) is 0 Å². The number of aryl methyl sites for hydroxylation is 1. The van der Waals surface area contributed by atoms with Crippen molar-refractivity contribution < 1.29 is 4.42 Å². The predicted molar refractivity (Wildman–Crippen MR) is 69.6 cm³/mol. The van der Waals surface area contributed by atoms with Gasteiger partial charge >= 0.3 is 0 Å². The Morgan fingerprint density at radius 1 is 1.41 bits per heavy atom. The lowest BCUT2D eigenvalue weighted by molar-refractivity contribution is 0.249. The first-order chi connectivity index (χ1) is 8.19. The van der Waals surface area contributed by atoms with E-state index in [0.29, 0.717) is 6.54 Å². The summed E-state index contributed by atoms with van der Waals surface area (Å²) in [6.07, 6.45) is 3.98. The third-order valence-corrected chi connectivity index (χ3v) is 3.78. The van der Waals surface area contributed by atoms with Crippen molar-refractivity contribution in [1.29, 1.82) is 0 Å². The summed E-state index contributed by atoms with van der Waals surface area (Å²) in [4.78, 5) is 2.50. The van der Waals surface area contributed by atoms with E-state index >= 15 is 0 Å². The summed E-state index contributed by atoms with van der Waals surface area (Å²) in [6.45, 7) is 8.25. The van der Waals surface area contributed by atoms with Crippen molar-refractivity contribution >= 4 is 0 Å². The van der Waals surface area contributed by atoms with E-state index in [1.165, 1.54) is 32.4 Å². The standard InChI is InChI=1S/C14H24N2O/c1-11-4-3-6-16(7-5-11)10-14-8-13(9-15)12(2)17-14/h8,11H,3-7,9-10,15H2,1-2H3. The van der Waals surface area contributed by atoms with Crippen LogP contribution < -0.4 is 5.73 Å². The zero-order valence-electron chi connectivity index (χ0n) is 11.0. The smallest absolute Gasteiger partial charge is 0.118 e. The normalized spacial score (nSPS) is 22.6. The highest BCUT2D eigenvalue weighted by Crippen LogP contribution is 2.20. The molecule has 1 aromatic rings. The quantitative estimate of drug-likeness (QED) is 0.877. The SMILES string of the molecule is Cc1oc(CN2CCCC(C)CC2)cc1CN. The highest BCUT2D eigenvalue weighted by molar-refractivity contribution is 5.20. The van der Waals surface area contributed by atoms with E-state index in [2.05, 4.69) is 17.9 Å². The van der Waals surface area contributed by atoms with Crippen molar-refractivity contribution in [2.75, 3.05) is 13.1 Å². The van der Waals surface area contributed by atoms with Gasteiger partial charge in [-0.25, -0.2) is 0 Å². The van der Waals surface area contributed by atoms with Crippen LogP contribution in [0.15, 0.2) is 10.5 Å². The van der Waals surface area contributed by atoms with Gasteiger partial charge in [-0.15, -0.1) is 0 Å². The van der Waals surface area contributed by atoms with Crippen molar-refractivity contribution in [3.8, 4) is 0 Å². The Labute approximate surface area is 104 Å². The number of furan rings is 1.